The van der Waals surface area contributed by atoms with E-state index in [1.54, 1.807) is 11.9 Å². The third-order valence-corrected chi connectivity index (χ3v) is 5.36. The van der Waals surface area contributed by atoms with E-state index in [-0.39, 0.29) is 23.7 Å². The average molecular weight is 316 g/mol. The molecule has 2 rings (SSSR count). The predicted octanol–water partition coefficient (Wildman–Crippen LogP) is 2.38. The van der Waals surface area contributed by atoms with Gasteiger partial charge in [-0.05, 0) is 51.8 Å². The number of aryl methyl sites for hydroxylation is 1. The van der Waals surface area contributed by atoms with Gasteiger partial charge in [0.2, 0.25) is 5.78 Å². The molecular weight excluding hydrogens is 288 g/mol. The zero-order valence-electron chi connectivity index (χ0n) is 14.7. The second-order valence-corrected chi connectivity index (χ2v) is 7.16. The number of hydrogen-bond donors (Lipinski definition) is 0. The van der Waals surface area contributed by atoms with Crippen molar-refractivity contribution >= 4 is 11.7 Å². The Morgan fingerprint density at radius 3 is 2.48 bits per heavy atom. The van der Waals surface area contributed by atoms with Gasteiger partial charge < -0.3 is 9.80 Å². The molecule has 1 amide bonds. The monoisotopic (exact) mass is 316 g/mol. The number of likely N-dealkylation sites (tertiary alicyclic amines) is 1. The van der Waals surface area contributed by atoms with Crippen molar-refractivity contribution in [3.05, 3.63) is 35.9 Å². The number of amides is 1. The molecule has 1 aromatic rings. The van der Waals surface area contributed by atoms with Crippen LogP contribution in [0.15, 0.2) is 30.3 Å². The van der Waals surface area contributed by atoms with Crippen LogP contribution in [0.2, 0.25) is 0 Å². The molecule has 1 heterocycles. The van der Waals surface area contributed by atoms with Crippen LogP contribution in [-0.2, 0) is 16.0 Å². The van der Waals surface area contributed by atoms with Gasteiger partial charge in [-0.2, -0.15) is 0 Å². The molecule has 1 atom stereocenters. The van der Waals surface area contributed by atoms with E-state index in [1.807, 2.05) is 30.3 Å². The molecule has 0 spiro atoms. The van der Waals surface area contributed by atoms with Gasteiger partial charge in [-0.1, -0.05) is 30.3 Å². The van der Waals surface area contributed by atoms with Crippen molar-refractivity contribution in [3.8, 4) is 0 Å². The summed E-state index contributed by atoms with van der Waals surface area (Å²) in [4.78, 5) is 28.4. The molecule has 1 aliphatic rings. The average Bonchev–Trinajstić information content (AvgIpc) is 2.79. The van der Waals surface area contributed by atoms with Crippen molar-refractivity contribution in [2.24, 2.45) is 5.92 Å². The van der Waals surface area contributed by atoms with Crippen molar-refractivity contribution in [1.29, 1.82) is 0 Å². The van der Waals surface area contributed by atoms with Crippen molar-refractivity contribution in [2.75, 3.05) is 27.2 Å². The summed E-state index contributed by atoms with van der Waals surface area (Å²) in [5, 5.41) is 0. The minimum absolute atomic E-state index is 0.0711. The molecule has 4 heteroatoms. The smallest absolute Gasteiger partial charge is 0.289 e. The summed E-state index contributed by atoms with van der Waals surface area (Å²) in [6.45, 7) is 6.11. The molecule has 0 saturated carbocycles. The Bertz CT molecular complexity index is 554. The van der Waals surface area contributed by atoms with E-state index < -0.39 is 0 Å². The highest BCUT2D eigenvalue weighted by Crippen LogP contribution is 2.33. The summed E-state index contributed by atoms with van der Waals surface area (Å²) in [6, 6.07) is 9.82. The first kappa shape index (κ1) is 17.7. The normalized spacial score (nSPS) is 20.4. The van der Waals surface area contributed by atoms with Crippen molar-refractivity contribution in [1.82, 2.24) is 9.80 Å². The number of ketones is 1. The Labute approximate surface area is 139 Å². The number of likely N-dealkylation sites (N-methyl/N-ethyl adjacent to an activating group) is 1. The number of benzene rings is 1. The number of hydrogen-bond acceptors (Lipinski definition) is 3. The first-order chi connectivity index (χ1) is 10.8. The van der Waals surface area contributed by atoms with E-state index in [0.717, 1.165) is 18.5 Å². The molecule has 0 aromatic heterocycles. The van der Waals surface area contributed by atoms with Crippen LogP contribution >= 0.6 is 0 Å². The lowest BCUT2D eigenvalue weighted by Crippen LogP contribution is -2.45. The van der Waals surface area contributed by atoms with Crippen LogP contribution in [0.1, 0.15) is 32.3 Å². The van der Waals surface area contributed by atoms with E-state index in [9.17, 15) is 9.59 Å². The summed E-state index contributed by atoms with van der Waals surface area (Å²) < 4.78 is 0. The molecule has 0 N–H and O–H groups in total. The minimum atomic E-state index is -0.355. The molecule has 4 nitrogen and oxygen atoms in total. The van der Waals surface area contributed by atoms with Crippen molar-refractivity contribution < 1.29 is 9.59 Å². The second kappa shape index (κ2) is 7.26. The maximum Gasteiger partial charge on any atom is 0.289 e. The second-order valence-electron chi connectivity index (χ2n) is 7.16. The van der Waals surface area contributed by atoms with Crippen LogP contribution < -0.4 is 0 Å². The summed E-state index contributed by atoms with van der Waals surface area (Å²) >= 11 is 0. The van der Waals surface area contributed by atoms with E-state index in [1.165, 1.54) is 0 Å². The SMILES string of the molecule is CN(C[C@@H]1CCN(C)C1(C)C)C(=O)C(=O)CCc1ccccc1. The van der Waals surface area contributed by atoms with E-state index in [4.69, 9.17) is 0 Å². The molecule has 1 fully saturated rings. The highest BCUT2D eigenvalue weighted by Gasteiger charge is 2.40. The minimum Gasteiger partial charge on any atom is -0.339 e. The van der Waals surface area contributed by atoms with Gasteiger partial charge in [-0.15, -0.1) is 0 Å². The summed E-state index contributed by atoms with van der Waals surface area (Å²) in [5.41, 5.74) is 1.16. The summed E-state index contributed by atoms with van der Waals surface area (Å²) in [6.07, 6.45) is 1.97. The lowest BCUT2D eigenvalue weighted by Gasteiger charge is -2.35. The molecule has 1 aromatic carbocycles. The number of carbonyl (C=O) groups excluding carboxylic acids is 2. The Hall–Kier alpha value is -1.68. The lowest BCUT2D eigenvalue weighted by molar-refractivity contribution is -0.144. The molecular formula is C19H28N2O2. The maximum atomic E-state index is 12.3. The molecule has 0 radical (unpaired) electrons. The Balaban J connectivity index is 1.86. The number of nitrogens with zero attached hydrogens (tertiary/aromatic N) is 2. The van der Waals surface area contributed by atoms with Gasteiger partial charge in [0.25, 0.3) is 5.91 Å². The Morgan fingerprint density at radius 1 is 1.26 bits per heavy atom. The predicted molar refractivity (Wildman–Crippen MR) is 92.2 cm³/mol. The fraction of sp³-hybridized carbons (Fsp3) is 0.579. The highest BCUT2D eigenvalue weighted by atomic mass is 16.2. The number of Topliss-reactive ketones (excluding diaryl/α,β-unsaturated/α-hetero) is 1. The summed E-state index contributed by atoms with van der Waals surface area (Å²) in [7, 11) is 3.87. The molecule has 0 unspecified atom stereocenters. The van der Waals surface area contributed by atoms with Gasteiger partial charge in [0.15, 0.2) is 0 Å². The zero-order chi connectivity index (χ0) is 17.0. The topological polar surface area (TPSA) is 40.6 Å². The Kier molecular flexibility index (Phi) is 5.58. The summed E-state index contributed by atoms with van der Waals surface area (Å²) in [5.74, 6) is -0.241. The highest BCUT2D eigenvalue weighted by molar-refractivity contribution is 6.36. The third-order valence-electron chi connectivity index (χ3n) is 5.36. The van der Waals surface area contributed by atoms with Gasteiger partial charge in [0.1, 0.15) is 0 Å². The molecule has 1 saturated heterocycles. The van der Waals surface area contributed by atoms with Crippen LogP contribution in [0.3, 0.4) is 0 Å². The largest absolute Gasteiger partial charge is 0.339 e. The molecule has 1 aliphatic heterocycles. The first-order valence-electron chi connectivity index (χ1n) is 8.36. The van der Waals surface area contributed by atoms with Crippen LogP contribution in [0, 0.1) is 5.92 Å². The molecule has 0 bridgehead atoms. The van der Waals surface area contributed by atoms with Gasteiger partial charge in [-0.25, -0.2) is 0 Å². The fourth-order valence-electron chi connectivity index (χ4n) is 3.25. The van der Waals surface area contributed by atoms with E-state index >= 15 is 0 Å². The molecule has 126 valence electrons. The lowest BCUT2D eigenvalue weighted by atomic mass is 9.88. The van der Waals surface area contributed by atoms with Gasteiger partial charge in [-0.3, -0.25) is 9.59 Å². The van der Waals surface area contributed by atoms with Crippen molar-refractivity contribution in [2.45, 2.75) is 38.6 Å². The first-order valence-corrected chi connectivity index (χ1v) is 8.36. The van der Waals surface area contributed by atoms with Crippen LogP contribution in [0.4, 0.5) is 0 Å². The zero-order valence-corrected chi connectivity index (χ0v) is 14.7. The maximum absolute atomic E-state index is 12.3. The van der Waals surface area contributed by atoms with Gasteiger partial charge in [0, 0.05) is 25.6 Å². The van der Waals surface area contributed by atoms with E-state index in [0.29, 0.717) is 18.9 Å². The van der Waals surface area contributed by atoms with Crippen LogP contribution in [0.25, 0.3) is 0 Å². The van der Waals surface area contributed by atoms with Crippen LogP contribution in [0.5, 0.6) is 0 Å². The Morgan fingerprint density at radius 2 is 1.91 bits per heavy atom. The van der Waals surface area contributed by atoms with Gasteiger partial charge >= 0.3 is 0 Å². The standard InChI is InChI=1S/C19H28N2O2/c1-19(2)16(12-13-21(19)4)14-20(3)18(23)17(22)11-10-15-8-6-5-7-9-15/h5-9,16H,10-14H2,1-4H3/t16-/m0/s1. The van der Waals surface area contributed by atoms with Gasteiger partial charge in [0.05, 0.1) is 0 Å². The molecule has 0 aliphatic carbocycles. The third kappa shape index (κ3) is 4.20. The number of rotatable bonds is 6. The van der Waals surface area contributed by atoms with Crippen molar-refractivity contribution in [3.63, 3.8) is 0 Å². The number of carbonyl (C=O) groups is 2. The van der Waals surface area contributed by atoms with Crippen LogP contribution in [-0.4, -0.2) is 54.2 Å². The van der Waals surface area contributed by atoms with E-state index in [2.05, 4.69) is 25.8 Å². The molecule has 23 heavy (non-hydrogen) atoms. The fourth-order valence-corrected chi connectivity index (χ4v) is 3.25. The quantitative estimate of drug-likeness (QED) is 0.757.